The van der Waals surface area contributed by atoms with Crippen LogP contribution in [0.4, 0.5) is 0 Å². The Morgan fingerprint density at radius 1 is 1.15 bits per heavy atom. The van der Waals surface area contributed by atoms with E-state index in [0.717, 1.165) is 18.7 Å². The zero-order chi connectivity index (χ0) is 18.6. The third-order valence-corrected chi connectivity index (χ3v) is 4.57. The molecule has 1 saturated heterocycles. The summed E-state index contributed by atoms with van der Waals surface area (Å²) in [6.07, 6.45) is 1.51. The number of benzene rings is 1. The van der Waals surface area contributed by atoms with Gasteiger partial charge in [-0.15, -0.1) is 0 Å². The summed E-state index contributed by atoms with van der Waals surface area (Å²) in [5.41, 5.74) is 0.795. The zero-order valence-electron chi connectivity index (χ0n) is 15.0. The maximum absolute atomic E-state index is 12.3. The van der Waals surface area contributed by atoms with Crippen molar-refractivity contribution >= 4 is 5.91 Å². The molecule has 0 radical (unpaired) electrons. The van der Waals surface area contributed by atoms with Crippen LogP contribution in [-0.2, 0) is 6.54 Å². The fraction of sp³-hybridized carbons (Fsp3) is 0.316. The van der Waals surface area contributed by atoms with Gasteiger partial charge in [0, 0.05) is 26.2 Å². The largest absolute Gasteiger partial charge is 0.496 e. The number of furan rings is 1. The molecule has 1 aromatic carbocycles. The van der Waals surface area contributed by atoms with Gasteiger partial charge < -0.3 is 18.6 Å². The van der Waals surface area contributed by atoms with Crippen LogP contribution in [0.5, 0.6) is 5.75 Å². The van der Waals surface area contributed by atoms with E-state index in [-0.39, 0.29) is 5.91 Å². The molecular formula is C19H20N4O4. The highest BCUT2D eigenvalue weighted by atomic mass is 16.5. The van der Waals surface area contributed by atoms with Crippen molar-refractivity contribution < 1.29 is 18.5 Å². The maximum atomic E-state index is 12.3. The van der Waals surface area contributed by atoms with Gasteiger partial charge in [0.2, 0.25) is 11.7 Å². The van der Waals surface area contributed by atoms with Gasteiger partial charge in [-0.3, -0.25) is 9.69 Å². The van der Waals surface area contributed by atoms with Crippen molar-refractivity contribution in [3.8, 4) is 17.1 Å². The fourth-order valence-electron chi connectivity index (χ4n) is 3.11. The first kappa shape index (κ1) is 17.3. The number of ether oxygens (including phenoxy) is 1. The smallest absolute Gasteiger partial charge is 0.289 e. The van der Waals surface area contributed by atoms with Gasteiger partial charge in [-0.2, -0.15) is 4.98 Å². The number of methoxy groups -OCH3 is 1. The number of amides is 1. The summed E-state index contributed by atoms with van der Waals surface area (Å²) in [4.78, 5) is 20.8. The number of nitrogens with zero attached hydrogens (tertiary/aromatic N) is 4. The van der Waals surface area contributed by atoms with E-state index < -0.39 is 0 Å². The Balaban J connectivity index is 1.36. The zero-order valence-corrected chi connectivity index (χ0v) is 15.0. The van der Waals surface area contributed by atoms with Gasteiger partial charge in [-0.05, 0) is 24.3 Å². The van der Waals surface area contributed by atoms with Gasteiger partial charge >= 0.3 is 0 Å². The second-order valence-electron chi connectivity index (χ2n) is 6.26. The number of hydrogen-bond acceptors (Lipinski definition) is 7. The number of piperazine rings is 1. The second kappa shape index (κ2) is 7.63. The summed E-state index contributed by atoms with van der Waals surface area (Å²) in [6, 6.07) is 11.0. The van der Waals surface area contributed by atoms with Gasteiger partial charge in [0.1, 0.15) is 5.75 Å². The molecule has 3 heterocycles. The van der Waals surface area contributed by atoms with Gasteiger partial charge in [0.15, 0.2) is 5.76 Å². The van der Waals surface area contributed by atoms with E-state index in [9.17, 15) is 4.79 Å². The number of para-hydroxylation sites is 1. The summed E-state index contributed by atoms with van der Waals surface area (Å²) in [6.45, 7) is 3.28. The van der Waals surface area contributed by atoms with Gasteiger partial charge in [0.25, 0.3) is 5.91 Å². The van der Waals surface area contributed by atoms with Crippen molar-refractivity contribution in [1.29, 1.82) is 0 Å². The van der Waals surface area contributed by atoms with Crippen LogP contribution in [0.2, 0.25) is 0 Å². The molecule has 0 aliphatic carbocycles. The minimum Gasteiger partial charge on any atom is -0.496 e. The van der Waals surface area contributed by atoms with Gasteiger partial charge in [-0.25, -0.2) is 0 Å². The number of carbonyl (C=O) groups is 1. The molecule has 3 aromatic rings. The van der Waals surface area contributed by atoms with Crippen LogP contribution in [0.3, 0.4) is 0 Å². The quantitative estimate of drug-likeness (QED) is 0.683. The molecular weight excluding hydrogens is 348 g/mol. The molecule has 0 spiro atoms. The molecule has 0 atom stereocenters. The van der Waals surface area contributed by atoms with Crippen molar-refractivity contribution in [1.82, 2.24) is 19.9 Å². The predicted octanol–water partition coefficient (Wildman–Crippen LogP) is 2.30. The van der Waals surface area contributed by atoms with Gasteiger partial charge in [0.05, 0.1) is 25.5 Å². The van der Waals surface area contributed by atoms with Gasteiger partial charge in [-0.1, -0.05) is 17.3 Å². The molecule has 0 N–H and O–H groups in total. The van der Waals surface area contributed by atoms with E-state index in [1.807, 2.05) is 24.3 Å². The normalized spacial score (nSPS) is 15.1. The third kappa shape index (κ3) is 3.70. The average molecular weight is 368 g/mol. The molecule has 2 aromatic heterocycles. The molecule has 1 fully saturated rings. The predicted molar refractivity (Wildman–Crippen MR) is 96.2 cm³/mol. The molecule has 27 heavy (non-hydrogen) atoms. The molecule has 140 valence electrons. The van der Waals surface area contributed by atoms with Crippen LogP contribution < -0.4 is 4.74 Å². The first-order valence-corrected chi connectivity index (χ1v) is 8.75. The number of carbonyl (C=O) groups excluding carboxylic acids is 1. The van der Waals surface area contributed by atoms with E-state index in [4.69, 9.17) is 13.7 Å². The van der Waals surface area contributed by atoms with Crippen LogP contribution in [0.15, 0.2) is 51.6 Å². The molecule has 8 heteroatoms. The molecule has 1 aliphatic rings. The number of rotatable bonds is 5. The molecule has 8 nitrogen and oxygen atoms in total. The SMILES string of the molecule is COc1ccccc1-c1noc(CN2CCN(C(=O)c3ccco3)CC2)n1. The Morgan fingerprint density at radius 3 is 2.70 bits per heavy atom. The second-order valence-corrected chi connectivity index (χ2v) is 6.26. The minimum atomic E-state index is -0.0732. The summed E-state index contributed by atoms with van der Waals surface area (Å²) >= 11 is 0. The third-order valence-electron chi connectivity index (χ3n) is 4.57. The van der Waals surface area contributed by atoms with Crippen molar-refractivity contribution in [3.05, 3.63) is 54.3 Å². The number of aromatic nitrogens is 2. The first-order chi connectivity index (χ1) is 13.2. The fourth-order valence-corrected chi connectivity index (χ4v) is 3.11. The Hall–Kier alpha value is -3.13. The van der Waals surface area contributed by atoms with E-state index in [1.165, 1.54) is 6.26 Å². The van der Waals surface area contributed by atoms with E-state index in [0.29, 0.717) is 42.9 Å². The number of hydrogen-bond donors (Lipinski definition) is 0. The lowest BCUT2D eigenvalue weighted by Crippen LogP contribution is -2.48. The Labute approximate surface area is 156 Å². The van der Waals surface area contributed by atoms with Crippen LogP contribution >= 0.6 is 0 Å². The first-order valence-electron chi connectivity index (χ1n) is 8.75. The average Bonchev–Trinajstić information content (AvgIpc) is 3.40. The summed E-state index contributed by atoms with van der Waals surface area (Å²) in [5.74, 6) is 2.06. The highest BCUT2D eigenvalue weighted by Crippen LogP contribution is 2.27. The summed E-state index contributed by atoms with van der Waals surface area (Å²) < 4.78 is 15.9. The maximum Gasteiger partial charge on any atom is 0.289 e. The van der Waals surface area contributed by atoms with E-state index in [1.54, 1.807) is 24.1 Å². The summed E-state index contributed by atoms with van der Waals surface area (Å²) in [7, 11) is 1.61. The standard InChI is InChI=1S/C19H20N4O4/c1-25-15-6-3-2-5-14(15)18-20-17(27-21-18)13-22-8-10-23(11-9-22)19(24)16-7-4-12-26-16/h2-7,12H,8-11,13H2,1H3. The van der Waals surface area contributed by atoms with Crippen LogP contribution in [0, 0.1) is 0 Å². The monoisotopic (exact) mass is 368 g/mol. The van der Waals surface area contributed by atoms with Crippen LogP contribution in [0.25, 0.3) is 11.4 Å². The minimum absolute atomic E-state index is 0.0732. The molecule has 0 bridgehead atoms. The van der Waals surface area contributed by atoms with Crippen molar-refractivity contribution in [3.63, 3.8) is 0 Å². The van der Waals surface area contributed by atoms with Crippen LogP contribution in [0.1, 0.15) is 16.4 Å². The summed E-state index contributed by atoms with van der Waals surface area (Å²) in [5, 5.41) is 4.07. The lowest BCUT2D eigenvalue weighted by Gasteiger charge is -2.33. The topological polar surface area (TPSA) is 84.8 Å². The lowest BCUT2D eigenvalue weighted by atomic mass is 10.2. The molecule has 0 saturated carbocycles. The van der Waals surface area contributed by atoms with Crippen molar-refractivity contribution in [2.75, 3.05) is 33.3 Å². The lowest BCUT2D eigenvalue weighted by molar-refractivity contribution is 0.0585. The Bertz CT molecular complexity index is 898. The highest BCUT2D eigenvalue weighted by molar-refractivity contribution is 5.91. The Morgan fingerprint density at radius 2 is 1.96 bits per heavy atom. The van der Waals surface area contributed by atoms with E-state index in [2.05, 4.69) is 15.0 Å². The molecule has 1 amide bonds. The molecule has 0 unspecified atom stereocenters. The van der Waals surface area contributed by atoms with Crippen molar-refractivity contribution in [2.24, 2.45) is 0 Å². The highest BCUT2D eigenvalue weighted by Gasteiger charge is 2.25. The van der Waals surface area contributed by atoms with Crippen molar-refractivity contribution in [2.45, 2.75) is 6.54 Å². The molecule has 4 rings (SSSR count). The Kier molecular flexibility index (Phi) is 4.88. The van der Waals surface area contributed by atoms with E-state index >= 15 is 0 Å². The van der Waals surface area contributed by atoms with Crippen LogP contribution in [-0.4, -0.2) is 59.1 Å². The molecule has 1 aliphatic heterocycles.